The summed E-state index contributed by atoms with van der Waals surface area (Å²) in [6, 6.07) is 33.1. The number of ether oxygens (including phenoxy) is 2. The summed E-state index contributed by atoms with van der Waals surface area (Å²) in [4.78, 5) is 0. The van der Waals surface area contributed by atoms with Gasteiger partial charge in [-0.25, -0.2) is 10.0 Å². The summed E-state index contributed by atoms with van der Waals surface area (Å²) >= 11 is 0. The molecule has 0 bridgehead atoms. The zero-order valence-corrected chi connectivity index (χ0v) is 23.5. The quantitative estimate of drug-likeness (QED) is 0.261. The second kappa shape index (κ2) is 11.9. The number of anilines is 2. The number of hydrazine groups is 1. The average molecular weight is 507 g/mol. The Labute approximate surface area is 227 Å². The van der Waals surface area contributed by atoms with Crippen molar-refractivity contribution in [3.63, 3.8) is 0 Å². The van der Waals surface area contributed by atoms with E-state index in [-0.39, 0.29) is 0 Å². The summed E-state index contributed by atoms with van der Waals surface area (Å²) in [6.07, 6.45) is -0.397. The van der Waals surface area contributed by atoms with Gasteiger partial charge in [-0.05, 0) is 81.1 Å². The smallest absolute Gasteiger partial charge is 0.224 e. The maximum absolute atomic E-state index is 6.84. The predicted molar refractivity (Wildman–Crippen MR) is 159 cm³/mol. The van der Waals surface area contributed by atoms with Crippen molar-refractivity contribution in [3.8, 4) is 11.5 Å². The Morgan fingerprint density at radius 3 is 1.47 bits per heavy atom. The molecule has 1 atom stereocenters. The molecule has 0 saturated heterocycles. The largest absolute Gasteiger partial charge is 0.464 e. The first-order valence-electron chi connectivity index (χ1n) is 13.3. The van der Waals surface area contributed by atoms with E-state index in [9.17, 15) is 0 Å². The zero-order chi connectivity index (χ0) is 27.2. The highest BCUT2D eigenvalue weighted by Gasteiger charge is 2.42. The van der Waals surface area contributed by atoms with E-state index in [1.54, 1.807) is 0 Å². The minimum absolute atomic E-state index is 0.397. The molecule has 1 aliphatic heterocycles. The highest BCUT2D eigenvalue weighted by molar-refractivity contribution is 5.67. The van der Waals surface area contributed by atoms with Crippen molar-refractivity contribution in [3.05, 3.63) is 131 Å². The molecule has 0 radical (unpaired) electrons. The molecule has 38 heavy (non-hydrogen) atoms. The first kappa shape index (κ1) is 26.9. The third kappa shape index (κ3) is 5.26. The monoisotopic (exact) mass is 506 g/mol. The van der Waals surface area contributed by atoms with Crippen LogP contribution in [0.5, 0.6) is 11.5 Å². The van der Waals surface area contributed by atoms with Crippen LogP contribution in [0.2, 0.25) is 0 Å². The average Bonchev–Trinajstić information content (AvgIpc) is 3.21. The van der Waals surface area contributed by atoms with E-state index in [4.69, 9.17) is 9.47 Å². The Hall–Kier alpha value is -4.18. The Balaban J connectivity index is 0.00000164. The standard InChI is InChI=1S/C32H32N2O2.C2H6/c1-22-14-12-15-23(2)29(22)35-31-26(5)32(36-30-24(3)16-13-17-25(30)4)34(28-20-10-7-11-21-28)33(31)27-18-8-6-9-19-27;1-2/h6-21,31H,1-5H3;1-2H3. The fourth-order valence-corrected chi connectivity index (χ4v) is 4.72. The molecule has 5 rings (SSSR count). The van der Waals surface area contributed by atoms with E-state index in [0.29, 0.717) is 0 Å². The van der Waals surface area contributed by atoms with Crippen LogP contribution in [0, 0.1) is 27.7 Å². The lowest BCUT2D eigenvalue weighted by Crippen LogP contribution is -2.46. The van der Waals surface area contributed by atoms with Gasteiger partial charge in [0.1, 0.15) is 11.5 Å². The Morgan fingerprint density at radius 2 is 0.974 bits per heavy atom. The van der Waals surface area contributed by atoms with Gasteiger partial charge in [-0.15, -0.1) is 0 Å². The van der Waals surface area contributed by atoms with Crippen molar-refractivity contribution in [2.75, 3.05) is 10.0 Å². The van der Waals surface area contributed by atoms with Crippen molar-refractivity contribution in [2.45, 2.75) is 54.7 Å². The van der Waals surface area contributed by atoms with E-state index in [1.165, 1.54) is 0 Å². The number of para-hydroxylation sites is 4. The molecule has 196 valence electrons. The van der Waals surface area contributed by atoms with Crippen LogP contribution in [0.1, 0.15) is 43.0 Å². The van der Waals surface area contributed by atoms with Crippen molar-refractivity contribution >= 4 is 11.4 Å². The van der Waals surface area contributed by atoms with Gasteiger partial charge >= 0.3 is 0 Å². The summed E-state index contributed by atoms with van der Waals surface area (Å²) in [5, 5.41) is 4.31. The minimum Gasteiger partial charge on any atom is -0.464 e. The van der Waals surface area contributed by atoms with Crippen LogP contribution in [0.3, 0.4) is 0 Å². The third-order valence-electron chi connectivity index (χ3n) is 6.60. The van der Waals surface area contributed by atoms with Gasteiger partial charge in [0, 0.05) is 0 Å². The van der Waals surface area contributed by atoms with Crippen LogP contribution in [0.25, 0.3) is 0 Å². The summed E-state index contributed by atoms with van der Waals surface area (Å²) in [5.41, 5.74) is 7.39. The summed E-state index contributed by atoms with van der Waals surface area (Å²) < 4.78 is 13.6. The maximum Gasteiger partial charge on any atom is 0.224 e. The molecule has 0 amide bonds. The maximum atomic E-state index is 6.84. The first-order valence-corrected chi connectivity index (χ1v) is 13.3. The zero-order valence-electron chi connectivity index (χ0n) is 23.5. The second-order valence-electron chi connectivity index (χ2n) is 9.33. The molecule has 0 N–H and O–H groups in total. The lowest BCUT2D eigenvalue weighted by molar-refractivity contribution is 0.236. The van der Waals surface area contributed by atoms with Gasteiger partial charge in [-0.2, -0.15) is 0 Å². The second-order valence-corrected chi connectivity index (χ2v) is 9.33. The fourth-order valence-electron chi connectivity index (χ4n) is 4.72. The third-order valence-corrected chi connectivity index (χ3v) is 6.60. The summed E-state index contributed by atoms with van der Waals surface area (Å²) in [7, 11) is 0. The fraction of sp³-hybridized carbons (Fsp3) is 0.235. The number of rotatable bonds is 6. The van der Waals surface area contributed by atoms with Crippen LogP contribution in [-0.2, 0) is 0 Å². The van der Waals surface area contributed by atoms with Crippen LogP contribution in [-0.4, -0.2) is 6.23 Å². The molecule has 1 heterocycles. The van der Waals surface area contributed by atoms with E-state index >= 15 is 0 Å². The van der Waals surface area contributed by atoms with Gasteiger partial charge in [-0.1, -0.05) is 86.6 Å². The summed E-state index contributed by atoms with van der Waals surface area (Å²) in [6.45, 7) is 14.4. The lowest BCUT2D eigenvalue weighted by Gasteiger charge is -2.36. The van der Waals surface area contributed by atoms with E-state index < -0.39 is 6.23 Å². The van der Waals surface area contributed by atoms with Crippen molar-refractivity contribution in [2.24, 2.45) is 0 Å². The molecule has 4 aromatic rings. The highest BCUT2D eigenvalue weighted by atomic mass is 16.5. The normalized spacial score (nSPS) is 14.8. The molecular weight excluding hydrogens is 468 g/mol. The van der Waals surface area contributed by atoms with Gasteiger partial charge in [0.15, 0.2) is 0 Å². The van der Waals surface area contributed by atoms with E-state index in [0.717, 1.165) is 56.6 Å². The summed E-state index contributed by atoms with van der Waals surface area (Å²) in [5.74, 6) is 2.51. The van der Waals surface area contributed by atoms with Gasteiger partial charge in [0.25, 0.3) is 0 Å². The molecule has 0 aliphatic carbocycles. The van der Waals surface area contributed by atoms with Crippen LogP contribution >= 0.6 is 0 Å². The molecule has 0 saturated carbocycles. The first-order chi connectivity index (χ1) is 18.5. The van der Waals surface area contributed by atoms with Gasteiger partial charge in [0.05, 0.1) is 16.9 Å². The lowest BCUT2D eigenvalue weighted by atomic mass is 10.1. The molecule has 0 aromatic heterocycles. The molecule has 4 nitrogen and oxygen atoms in total. The number of hydrogen-bond acceptors (Lipinski definition) is 4. The number of benzene rings is 4. The van der Waals surface area contributed by atoms with E-state index in [2.05, 4.69) is 105 Å². The van der Waals surface area contributed by atoms with Gasteiger partial charge in [-0.3, -0.25) is 0 Å². The van der Waals surface area contributed by atoms with Gasteiger partial charge in [0.2, 0.25) is 12.1 Å². The van der Waals surface area contributed by atoms with Crippen molar-refractivity contribution in [1.29, 1.82) is 0 Å². The van der Waals surface area contributed by atoms with E-state index in [1.807, 2.05) is 50.2 Å². The topological polar surface area (TPSA) is 24.9 Å². The molecular formula is C34H38N2O2. The molecule has 4 heteroatoms. The Bertz CT molecular complexity index is 1360. The van der Waals surface area contributed by atoms with Crippen LogP contribution in [0.4, 0.5) is 11.4 Å². The molecule has 1 aliphatic rings. The highest BCUT2D eigenvalue weighted by Crippen LogP contribution is 2.41. The number of aryl methyl sites for hydroxylation is 4. The molecule has 4 aromatic carbocycles. The number of hydrogen-bond donors (Lipinski definition) is 0. The van der Waals surface area contributed by atoms with Crippen molar-refractivity contribution < 1.29 is 9.47 Å². The minimum atomic E-state index is -0.397. The molecule has 0 fully saturated rings. The number of nitrogens with zero attached hydrogens (tertiary/aromatic N) is 2. The predicted octanol–water partition coefficient (Wildman–Crippen LogP) is 8.90. The van der Waals surface area contributed by atoms with Gasteiger partial charge < -0.3 is 9.47 Å². The van der Waals surface area contributed by atoms with Crippen LogP contribution < -0.4 is 19.5 Å². The molecule has 1 unspecified atom stereocenters. The van der Waals surface area contributed by atoms with Crippen LogP contribution in [0.15, 0.2) is 109 Å². The SMILES string of the molecule is CC.CC1=C(Oc2c(C)cccc2C)N(c2ccccc2)N(c2ccccc2)C1Oc1c(C)cccc1C. The Morgan fingerprint density at radius 1 is 0.526 bits per heavy atom. The molecule has 0 spiro atoms. The van der Waals surface area contributed by atoms with Crippen molar-refractivity contribution in [1.82, 2.24) is 0 Å². The Kier molecular flexibility index (Phi) is 8.42.